The second kappa shape index (κ2) is 6.93. The summed E-state index contributed by atoms with van der Waals surface area (Å²) in [7, 11) is 0. The molecule has 1 aliphatic rings. The molecule has 140 valence electrons. The van der Waals surface area contributed by atoms with Crippen molar-refractivity contribution in [1.82, 2.24) is 35.1 Å². The van der Waals surface area contributed by atoms with Crippen molar-refractivity contribution in [3.63, 3.8) is 0 Å². The van der Waals surface area contributed by atoms with E-state index in [0.29, 0.717) is 17.6 Å². The molecule has 0 aliphatic carbocycles. The minimum absolute atomic E-state index is 0.308. The number of halogens is 1. The van der Waals surface area contributed by atoms with Gasteiger partial charge < -0.3 is 10.2 Å². The van der Waals surface area contributed by atoms with Crippen LogP contribution in [0.15, 0.2) is 37.2 Å². The van der Waals surface area contributed by atoms with E-state index in [4.69, 9.17) is 4.98 Å². The zero-order chi connectivity index (χ0) is 18.9. The molecule has 5 rings (SSSR count). The normalized spacial score (nSPS) is 13.0. The van der Waals surface area contributed by atoms with E-state index in [1.807, 2.05) is 6.07 Å². The van der Waals surface area contributed by atoms with E-state index in [9.17, 15) is 4.39 Å². The Labute approximate surface area is 162 Å². The van der Waals surface area contributed by atoms with Gasteiger partial charge in [0.1, 0.15) is 12.1 Å². The smallest absolute Gasteiger partial charge is 0.229 e. The molecule has 0 amide bonds. The van der Waals surface area contributed by atoms with Crippen LogP contribution >= 0.6 is 11.3 Å². The number of rotatable bonds is 4. The number of fused-ring (bicyclic) bond motifs is 3. The Morgan fingerprint density at radius 2 is 2.11 bits per heavy atom. The summed E-state index contributed by atoms with van der Waals surface area (Å²) >= 11 is 1.53. The van der Waals surface area contributed by atoms with E-state index in [1.54, 1.807) is 18.7 Å². The Balaban J connectivity index is 1.44. The molecule has 4 aromatic heterocycles. The first-order valence-corrected chi connectivity index (χ1v) is 9.36. The first-order chi connectivity index (χ1) is 13.8. The highest BCUT2D eigenvalue weighted by molar-refractivity contribution is 7.16. The summed E-state index contributed by atoms with van der Waals surface area (Å²) in [6, 6.07) is 1.90. The van der Waals surface area contributed by atoms with Crippen LogP contribution in [0.2, 0.25) is 0 Å². The van der Waals surface area contributed by atoms with Crippen LogP contribution in [0.5, 0.6) is 0 Å². The highest BCUT2D eigenvalue weighted by Gasteiger charge is 2.25. The van der Waals surface area contributed by atoms with Gasteiger partial charge in [0.05, 0.1) is 42.1 Å². The SMILES string of the molecule is Fc1cnc(Nc2nc3c(s2)CCN(Cc2ccncn2)c2[nH]ncc2-3)nc1. The second-order valence-corrected chi connectivity index (χ2v) is 7.23. The fraction of sp³-hybridized carbons (Fsp3) is 0.176. The third-order valence-electron chi connectivity index (χ3n) is 4.33. The van der Waals surface area contributed by atoms with E-state index in [2.05, 4.69) is 40.3 Å². The average Bonchev–Trinajstić information content (AvgIpc) is 3.32. The molecule has 9 nitrogen and oxygen atoms in total. The molecule has 0 atom stereocenters. The molecule has 0 fully saturated rings. The van der Waals surface area contributed by atoms with Gasteiger partial charge in [-0.15, -0.1) is 11.3 Å². The molecule has 0 saturated carbocycles. The first kappa shape index (κ1) is 16.7. The van der Waals surface area contributed by atoms with Crippen molar-refractivity contribution in [3.8, 4) is 11.3 Å². The van der Waals surface area contributed by atoms with E-state index in [1.165, 1.54) is 11.3 Å². The summed E-state index contributed by atoms with van der Waals surface area (Å²) in [6.07, 6.45) is 8.13. The highest BCUT2D eigenvalue weighted by atomic mass is 32.1. The fourth-order valence-electron chi connectivity index (χ4n) is 3.06. The van der Waals surface area contributed by atoms with Crippen LogP contribution in [0.1, 0.15) is 10.6 Å². The fourth-order valence-corrected chi connectivity index (χ4v) is 4.02. The largest absolute Gasteiger partial charge is 0.350 e. The monoisotopic (exact) mass is 395 g/mol. The Morgan fingerprint density at radius 3 is 2.93 bits per heavy atom. The topological polar surface area (TPSA) is 108 Å². The van der Waals surface area contributed by atoms with E-state index in [0.717, 1.165) is 53.0 Å². The van der Waals surface area contributed by atoms with Crippen molar-refractivity contribution in [2.24, 2.45) is 0 Å². The molecule has 11 heteroatoms. The predicted octanol–water partition coefficient (Wildman–Crippen LogP) is 2.56. The van der Waals surface area contributed by atoms with Gasteiger partial charge in [0.25, 0.3) is 0 Å². The molecule has 0 bridgehead atoms. The van der Waals surface area contributed by atoms with E-state index >= 15 is 0 Å². The predicted molar refractivity (Wildman–Crippen MR) is 102 cm³/mol. The molecule has 0 saturated heterocycles. The molecular formula is C17H14FN9S. The molecule has 5 heterocycles. The van der Waals surface area contributed by atoms with Gasteiger partial charge in [-0.05, 0) is 6.07 Å². The average molecular weight is 395 g/mol. The van der Waals surface area contributed by atoms with Gasteiger partial charge in [-0.25, -0.2) is 29.3 Å². The highest BCUT2D eigenvalue weighted by Crippen LogP contribution is 2.39. The lowest BCUT2D eigenvalue weighted by Crippen LogP contribution is -2.25. The van der Waals surface area contributed by atoms with Crippen LogP contribution < -0.4 is 10.2 Å². The number of nitrogens with zero attached hydrogens (tertiary/aromatic N) is 7. The quantitative estimate of drug-likeness (QED) is 0.543. The second-order valence-electron chi connectivity index (χ2n) is 6.15. The summed E-state index contributed by atoms with van der Waals surface area (Å²) in [5.41, 5.74) is 2.75. The van der Waals surface area contributed by atoms with Gasteiger partial charge in [0.2, 0.25) is 5.95 Å². The molecule has 2 N–H and O–H groups in total. The number of hydrogen-bond donors (Lipinski definition) is 2. The van der Waals surface area contributed by atoms with Crippen LogP contribution in [0.4, 0.5) is 21.3 Å². The maximum Gasteiger partial charge on any atom is 0.229 e. The minimum atomic E-state index is -0.479. The Bertz CT molecular complexity index is 1090. The van der Waals surface area contributed by atoms with E-state index < -0.39 is 5.82 Å². The molecule has 4 aromatic rings. The van der Waals surface area contributed by atoms with Crippen molar-refractivity contribution in [1.29, 1.82) is 0 Å². The zero-order valence-corrected chi connectivity index (χ0v) is 15.3. The van der Waals surface area contributed by atoms with Crippen molar-refractivity contribution in [2.75, 3.05) is 16.8 Å². The molecular weight excluding hydrogens is 381 g/mol. The Hall–Kier alpha value is -3.47. The van der Waals surface area contributed by atoms with Crippen molar-refractivity contribution >= 4 is 28.2 Å². The van der Waals surface area contributed by atoms with Crippen LogP contribution in [-0.2, 0) is 13.0 Å². The van der Waals surface area contributed by atoms with Gasteiger partial charge >= 0.3 is 0 Å². The lowest BCUT2D eigenvalue weighted by atomic mass is 10.2. The molecule has 0 spiro atoms. The Kier molecular flexibility index (Phi) is 4.13. The summed E-state index contributed by atoms with van der Waals surface area (Å²) in [4.78, 5) is 24.2. The third kappa shape index (κ3) is 3.16. The van der Waals surface area contributed by atoms with Crippen LogP contribution in [-0.4, -0.2) is 41.7 Å². The first-order valence-electron chi connectivity index (χ1n) is 8.54. The number of aromatic nitrogens is 7. The molecule has 1 aliphatic heterocycles. The summed E-state index contributed by atoms with van der Waals surface area (Å²) in [6.45, 7) is 1.45. The van der Waals surface area contributed by atoms with Crippen molar-refractivity contribution < 1.29 is 4.39 Å². The van der Waals surface area contributed by atoms with Crippen molar-refractivity contribution in [3.05, 3.63) is 53.6 Å². The van der Waals surface area contributed by atoms with Gasteiger partial charge in [-0.2, -0.15) is 5.10 Å². The molecule has 0 radical (unpaired) electrons. The Morgan fingerprint density at radius 1 is 1.21 bits per heavy atom. The number of anilines is 3. The lowest BCUT2D eigenvalue weighted by molar-refractivity contribution is 0.614. The molecule has 28 heavy (non-hydrogen) atoms. The van der Waals surface area contributed by atoms with Crippen molar-refractivity contribution in [2.45, 2.75) is 13.0 Å². The lowest BCUT2D eigenvalue weighted by Gasteiger charge is -2.21. The van der Waals surface area contributed by atoms with Gasteiger partial charge in [0.15, 0.2) is 10.9 Å². The van der Waals surface area contributed by atoms with Crippen LogP contribution in [0, 0.1) is 5.82 Å². The van der Waals surface area contributed by atoms with Crippen LogP contribution in [0.3, 0.4) is 0 Å². The number of thiazole rings is 1. The summed E-state index contributed by atoms with van der Waals surface area (Å²) in [5.74, 6) is 0.739. The maximum absolute atomic E-state index is 13.0. The van der Waals surface area contributed by atoms with E-state index in [-0.39, 0.29) is 0 Å². The number of hydrogen-bond acceptors (Lipinski definition) is 9. The maximum atomic E-state index is 13.0. The van der Waals surface area contributed by atoms with Gasteiger partial charge in [-0.3, -0.25) is 5.10 Å². The third-order valence-corrected chi connectivity index (χ3v) is 5.36. The molecule has 0 unspecified atom stereocenters. The number of H-pyrrole nitrogens is 1. The number of aromatic amines is 1. The zero-order valence-electron chi connectivity index (χ0n) is 14.5. The summed E-state index contributed by atoms with van der Waals surface area (Å²) in [5, 5.41) is 11.0. The van der Waals surface area contributed by atoms with Gasteiger partial charge in [0, 0.05) is 24.0 Å². The molecule has 0 aromatic carbocycles. The minimum Gasteiger partial charge on any atom is -0.350 e. The summed E-state index contributed by atoms with van der Waals surface area (Å²) < 4.78 is 13.0. The standard InChI is InChI=1S/C17H14FN9S/c18-10-5-20-16(21-6-10)25-17-24-14-12-7-23-26-15(12)27(4-2-13(14)28-17)8-11-1-3-19-9-22-11/h1,3,5-7,9H,2,4,8H2,(H,23,26)(H,20,21,24,25). The van der Waals surface area contributed by atoms with Crippen LogP contribution in [0.25, 0.3) is 11.3 Å². The number of nitrogens with one attached hydrogen (secondary N) is 2. The van der Waals surface area contributed by atoms with Gasteiger partial charge in [-0.1, -0.05) is 0 Å².